The Morgan fingerprint density at radius 2 is 1.76 bits per heavy atom. The fraction of sp³-hybridized carbons (Fsp3) is 0.560. The number of hydrogen-bond donors (Lipinski definition) is 1. The van der Waals surface area contributed by atoms with Crippen molar-refractivity contribution >= 4 is 22.4 Å². The molecule has 0 unspecified atom stereocenters. The van der Waals surface area contributed by atoms with Crippen LogP contribution in [0.3, 0.4) is 0 Å². The number of rotatable bonds is 12. The Kier molecular flexibility index (Phi) is 8.97. The lowest BCUT2D eigenvalue weighted by Crippen LogP contribution is -2.43. The van der Waals surface area contributed by atoms with Crippen molar-refractivity contribution in [1.29, 1.82) is 0 Å². The molecule has 4 nitrogen and oxygen atoms in total. The number of carbonyl (C=O) groups is 1. The molecule has 0 saturated heterocycles. The van der Waals surface area contributed by atoms with Gasteiger partial charge in [0.25, 0.3) is 5.91 Å². The van der Waals surface area contributed by atoms with Crippen LogP contribution in [-0.4, -0.2) is 24.7 Å². The molecule has 2 rings (SSSR count). The van der Waals surface area contributed by atoms with Gasteiger partial charge in [-0.3, -0.25) is 4.79 Å². The second kappa shape index (κ2) is 11.2. The second-order valence-corrected chi connectivity index (χ2v) is 8.35. The van der Waals surface area contributed by atoms with Crippen molar-refractivity contribution in [3.05, 3.63) is 36.4 Å². The Morgan fingerprint density at radius 3 is 2.41 bits per heavy atom. The zero-order valence-electron chi connectivity index (χ0n) is 18.7. The fourth-order valence-electron chi connectivity index (χ4n) is 3.31. The van der Waals surface area contributed by atoms with E-state index in [0.717, 1.165) is 54.3 Å². The minimum Gasteiger partial charge on any atom is -0.493 e. The summed E-state index contributed by atoms with van der Waals surface area (Å²) >= 11 is 0. The van der Waals surface area contributed by atoms with Crippen LogP contribution < -0.4 is 10.1 Å². The van der Waals surface area contributed by atoms with Crippen molar-refractivity contribution in [2.45, 2.75) is 72.3 Å². The number of anilines is 1. The minimum absolute atomic E-state index is 0.0805. The Hall–Kier alpha value is -2.07. The molecule has 1 atom stereocenters. The summed E-state index contributed by atoms with van der Waals surface area (Å²) in [6.45, 7) is 11.6. The van der Waals surface area contributed by atoms with Crippen LogP contribution in [0.4, 0.5) is 5.69 Å². The molecule has 0 heterocycles. The molecule has 0 radical (unpaired) electrons. The normalized spacial score (nSPS) is 13.4. The highest BCUT2D eigenvalue weighted by Gasteiger charge is 2.34. The van der Waals surface area contributed by atoms with E-state index in [1.807, 2.05) is 43.3 Å². The van der Waals surface area contributed by atoms with Gasteiger partial charge in [0.05, 0.1) is 6.61 Å². The lowest BCUT2D eigenvalue weighted by molar-refractivity contribution is -0.140. The number of carbonyl (C=O) groups excluding carboxylic acids is 1. The maximum Gasteiger partial charge on any atom is 0.256 e. The molecule has 0 aliphatic heterocycles. The quantitative estimate of drug-likeness (QED) is 0.410. The SMILES string of the molecule is CCCCC[C@@](C)(OCCC)C(=O)Nc1ccc(OCC(C)C)c2ccccc12. The van der Waals surface area contributed by atoms with Gasteiger partial charge in [-0.05, 0) is 37.8 Å². The Labute approximate surface area is 176 Å². The summed E-state index contributed by atoms with van der Waals surface area (Å²) in [7, 11) is 0. The topological polar surface area (TPSA) is 47.6 Å². The minimum atomic E-state index is -0.820. The summed E-state index contributed by atoms with van der Waals surface area (Å²) in [6.07, 6.45) is 4.81. The van der Waals surface area contributed by atoms with E-state index in [-0.39, 0.29) is 5.91 Å². The average molecular weight is 400 g/mol. The summed E-state index contributed by atoms with van der Waals surface area (Å²) in [6, 6.07) is 11.9. The summed E-state index contributed by atoms with van der Waals surface area (Å²) in [5, 5.41) is 5.12. The third-order valence-corrected chi connectivity index (χ3v) is 5.07. The molecule has 0 saturated carbocycles. The van der Waals surface area contributed by atoms with Crippen LogP contribution in [0.1, 0.15) is 66.7 Å². The first-order valence-corrected chi connectivity index (χ1v) is 11.0. The van der Waals surface area contributed by atoms with Crippen molar-refractivity contribution in [1.82, 2.24) is 0 Å². The average Bonchev–Trinajstić information content (AvgIpc) is 2.71. The first kappa shape index (κ1) is 23.2. The van der Waals surface area contributed by atoms with Crippen LogP contribution in [0.25, 0.3) is 10.8 Å². The number of benzene rings is 2. The molecule has 0 bridgehead atoms. The van der Waals surface area contributed by atoms with Gasteiger partial charge in [0.1, 0.15) is 11.4 Å². The van der Waals surface area contributed by atoms with Gasteiger partial charge in [0.2, 0.25) is 0 Å². The molecule has 4 heteroatoms. The largest absolute Gasteiger partial charge is 0.493 e. The molecule has 160 valence electrons. The van der Waals surface area contributed by atoms with E-state index >= 15 is 0 Å². The zero-order valence-corrected chi connectivity index (χ0v) is 18.7. The first-order chi connectivity index (χ1) is 13.9. The van der Waals surface area contributed by atoms with Crippen LogP contribution in [-0.2, 0) is 9.53 Å². The van der Waals surface area contributed by atoms with Gasteiger partial charge >= 0.3 is 0 Å². The summed E-state index contributed by atoms with van der Waals surface area (Å²) < 4.78 is 12.0. The van der Waals surface area contributed by atoms with Gasteiger partial charge < -0.3 is 14.8 Å². The molecular formula is C25H37NO3. The lowest BCUT2D eigenvalue weighted by atomic mass is 9.96. The molecule has 0 aliphatic carbocycles. The van der Waals surface area contributed by atoms with E-state index < -0.39 is 5.60 Å². The van der Waals surface area contributed by atoms with Gasteiger partial charge in [-0.1, -0.05) is 71.2 Å². The first-order valence-electron chi connectivity index (χ1n) is 11.0. The van der Waals surface area contributed by atoms with Crippen molar-refractivity contribution in [3.8, 4) is 5.75 Å². The van der Waals surface area contributed by atoms with Crippen LogP contribution >= 0.6 is 0 Å². The van der Waals surface area contributed by atoms with Crippen LogP contribution in [0, 0.1) is 5.92 Å². The number of amides is 1. The third-order valence-electron chi connectivity index (χ3n) is 5.07. The van der Waals surface area contributed by atoms with Crippen LogP contribution in [0.2, 0.25) is 0 Å². The third kappa shape index (κ3) is 6.46. The molecule has 1 N–H and O–H groups in total. The number of hydrogen-bond acceptors (Lipinski definition) is 3. The van der Waals surface area contributed by atoms with Gasteiger partial charge in [-0.15, -0.1) is 0 Å². The number of ether oxygens (including phenoxy) is 2. The van der Waals surface area contributed by atoms with E-state index in [2.05, 4.69) is 33.0 Å². The predicted molar refractivity (Wildman–Crippen MR) is 122 cm³/mol. The van der Waals surface area contributed by atoms with Gasteiger partial charge in [-0.2, -0.15) is 0 Å². The number of unbranched alkanes of at least 4 members (excludes halogenated alkanes) is 2. The Bertz CT molecular complexity index is 787. The monoisotopic (exact) mass is 399 g/mol. The van der Waals surface area contributed by atoms with Gasteiger partial charge in [0, 0.05) is 23.1 Å². The molecule has 0 aliphatic rings. The fourth-order valence-corrected chi connectivity index (χ4v) is 3.31. The molecule has 0 aromatic heterocycles. The van der Waals surface area contributed by atoms with Crippen molar-refractivity contribution in [2.75, 3.05) is 18.5 Å². The highest BCUT2D eigenvalue weighted by molar-refractivity contribution is 6.06. The molecule has 2 aromatic carbocycles. The second-order valence-electron chi connectivity index (χ2n) is 8.35. The molecule has 0 fully saturated rings. The Morgan fingerprint density at radius 1 is 1.03 bits per heavy atom. The van der Waals surface area contributed by atoms with Crippen molar-refractivity contribution < 1.29 is 14.3 Å². The summed E-state index contributed by atoms with van der Waals surface area (Å²) in [4.78, 5) is 13.2. The maximum atomic E-state index is 13.2. The van der Waals surface area contributed by atoms with E-state index in [9.17, 15) is 4.79 Å². The van der Waals surface area contributed by atoms with Crippen LogP contribution in [0.15, 0.2) is 36.4 Å². The van der Waals surface area contributed by atoms with E-state index in [1.165, 1.54) is 0 Å². The maximum absolute atomic E-state index is 13.2. The number of fused-ring (bicyclic) bond motifs is 1. The summed E-state index contributed by atoms with van der Waals surface area (Å²) in [5.74, 6) is 1.22. The molecule has 0 spiro atoms. The molecular weight excluding hydrogens is 362 g/mol. The van der Waals surface area contributed by atoms with Crippen molar-refractivity contribution in [2.24, 2.45) is 5.92 Å². The van der Waals surface area contributed by atoms with Gasteiger partial charge in [0.15, 0.2) is 0 Å². The smallest absolute Gasteiger partial charge is 0.256 e. The van der Waals surface area contributed by atoms with E-state index in [1.54, 1.807) is 0 Å². The Balaban J connectivity index is 2.26. The molecule has 29 heavy (non-hydrogen) atoms. The molecule has 2 aromatic rings. The predicted octanol–water partition coefficient (Wildman–Crippen LogP) is 6.58. The van der Waals surface area contributed by atoms with E-state index in [4.69, 9.17) is 9.47 Å². The van der Waals surface area contributed by atoms with Crippen molar-refractivity contribution in [3.63, 3.8) is 0 Å². The van der Waals surface area contributed by atoms with E-state index in [0.29, 0.717) is 19.1 Å². The summed E-state index contributed by atoms with van der Waals surface area (Å²) in [5.41, 5.74) is -0.0247. The number of nitrogens with one attached hydrogen (secondary N) is 1. The van der Waals surface area contributed by atoms with Gasteiger partial charge in [-0.25, -0.2) is 0 Å². The standard InChI is InChI=1S/C25H37NO3/c1-6-8-11-16-25(5,29-17-7-2)24(27)26-22-14-15-23(28-18-19(3)4)21-13-10-9-12-20(21)22/h9-10,12-15,19H,6-8,11,16-18H2,1-5H3,(H,26,27)/t25-/m1/s1. The lowest BCUT2D eigenvalue weighted by Gasteiger charge is -2.29. The highest BCUT2D eigenvalue weighted by atomic mass is 16.5. The highest BCUT2D eigenvalue weighted by Crippen LogP contribution is 2.33. The van der Waals surface area contributed by atoms with Crippen LogP contribution in [0.5, 0.6) is 5.75 Å². The molecule has 1 amide bonds. The zero-order chi connectivity index (χ0) is 21.3.